The molecule has 2 aliphatic heterocycles. The Morgan fingerprint density at radius 1 is 1.09 bits per heavy atom. The van der Waals surface area contributed by atoms with Crippen molar-refractivity contribution in [3.63, 3.8) is 0 Å². The second-order valence-corrected chi connectivity index (χ2v) is 10.9. The minimum Gasteiger partial charge on any atom is -0.396 e. The van der Waals surface area contributed by atoms with Crippen molar-refractivity contribution < 1.29 is 22.4 Å². The molecule has 1 amide bonds. The molecule has 2 aromatic heterocycles. The number of amides is 1. The summed E-state index contributed by atoms with van der Waals surface area (Å²) < 4.78 is 57.0. The number of nitrogens with one attached hydrogen (secondary N) is 2. The molecule has 14 heteroatoms. The highest BCUT2D eigenvalue weighted by atomic mass is 19.4. The van der Waals surface area contributed by atoms with Crippen LogP contribution in [0.1, 0.15) is 41.8 Å². The molecule has 2 aliphatic rings. The fraction of sp³-hybridized carbons (Fsp3) is 0.379. The molecule has 0 unspecified atom stereocenters. The summed E-state index contributed by atoms with van der Waals surface area (Å²) in [6.45, 7) is 5.93. The first-order chi connectivity index (χ1) is 20.3. The molecular formula is C29H32F4N8O2. The van der Waals surface area contributed by atoms with Crippen molar-refractivity contribution in [2.24, 2.45) is 0 Å². The maximum absolute atomic E-state index is 15.8. The predicted molar refractivity (Wildman–Crippen MR) is 157 cm³/mol. The molecule has 0 spiro atoms. The van der Waals surface area contributed by atoms with Crippen LogP contribution in [0.15, 0.2) is 47.7 Å². The van der Waals surface area contributed by atoms with E-state index >= 15 is 4.39 Å². The average molecular weight is 601 g/mol. The maximum atomic E-state index is 15.8. The van der Waals surface area contributed by atoms with Crippen LogP contribution in [0.5, 0.6) is 0 Å². The summed E-state index contributed by atoms with van der Waals surface area (Å²) in [6, 6.07) is 3.32. The van der Waals surface area contributed by atoms with Crippen LogP contribution in [0, 0.1) is 5.82 Å². The molecule has 0 radical (unpaired) electrons. The number of rotatable bonds is 5. The van der Waals surface area contributed by atoms with Crippen molar-refractivity contribution >= 4 is 34.5 Å². The lowest BCUT2D eigenvalue weighted by molar-refractivity contribution is -0.138. The lowest BCUT2D eigenvalue weighted by atomic mass is 9.97. The molecule has 2 atom stereocenters. The van der Waals surface area contributed by atoms with Crippen LogP contribution in [0.25, 0.3) is 5.57 Å². The molecule has 1 fully saturated rings. The molecule has 0 saturated carbocycles. The van der Waals surface area contributed by atoms with Crippen molar-refractivity contribution in [2.45, 2.75) is 38.5 Å². The molecule has 3 aromatic rings. The van der Waals surface area contributed by atoms with E-state index < -0.39 is 34.6 Å². The van der Waals surface area contributed by atoms with E-state index in [1.807, 2.05) is 36.8 Å². The average Bonchev–Trinajstić information content (AvgIpc) is 2.96. The number of aromatic nitrogens is 3. The molecule has 228 valence electrons. The number of anilines is 4. The number of alkyl halides is 3. The Morgan fingerprint density at radius 2 is 1.77 bits per heavy atom. The Kier molecular flexibility index (Phi) is 8.14. The third kappa shape index (κ3) is 6.33. The van der Waals surface area contributed by atoms with Crippen molar-refractivity contribution in [3.05, 3.63) is 75.7 Å². The Morgan fingerprint density at radius 3 is 2.37 bits per heavy atom. The van der Waals surface area contributed by atoms with Gasteiger partial charge in [-0.3, -0.25) is 14.5 Å². The topological polar surface area (TPSA) is 123 Å². The van der Waals surface area contributed by atoms with E-state index in [9.17, 15) is 22.8 Å². The first-order valence-corrected chi connectivity index (χ1v) is 13.8. The number of pyridine rings is 1. The van der Waals surface area contributed by atoms with Gasteiger partial charge in [0.15, 0.2) is 0 Å². The number of benzene rings is 1. The van der Waals surface area contributed by atoms with Gasteiger partial charge in [-0.2, -0.15) is 13.2 Å². The second kappa shape index (κ2) is 11.7. The van der Waals surface area contributed by atoms with E-state index in [-0.39, 0.29) is 23.3 Å². The van der Waals surface area contributed by atoms with Crippen LogP contribution in [0.4, 0.5) is 40.6 Å². The summed E-state index contributed by atoms with van der Waals surface area (Å²) in [5, 5.41) is 2.59. The van der Waals surface area contributed by atoms with E-state index in [0.29, 0.717) is 61.6 Å². The number of carbonyl (C=O) groups excluding carboxylic acids is 1. The lowest BCUT2D eigenvalue weighted by Gasteiger charge is -2.44. The van der Waals surface area contributed by atoms with Crippen LogP contribution in [0.2, 0.25) is 0 Å². The number of likely N-dealkylation sites (N-methyl/N-ethyl adjacent to an activating group) is 1. The zero-order valence-electron chi connectivity index (χ0n) is 23.9. The van der Waals surface area contributed by atoms with Gasteiger partial charge >= 0.3 is 6.18 Å². The van der Waals surface area contributed by atoms with Crippen molar-refractivity contribution in [1.82, 2.24) is 19.9 Å². The quantitative estimate of drug-likeness (QED) is 0.376. The molecule has 0 aliphatic carbocycles. The van der Waals surface area contributed by atoms with E-state index in [1.54, 1.807) is 0 Å². The second-order valence-electron chi connectivity index (χ2n) is 10.9. The molecule has 4 heterocycles. The number of carbonyl (C=O) groups is 1. The van der Waals surface area contributed by atoms with Crippen LogP contribution < -0.4 is 26.4 Å². The van der Waals surface area contributed by atoms with Crippen LogP contribution in [-0.2, 0) is 6.18 Å². The molecule has 10 nitrogen and oxygen atoms in total. The maximum Gasteiger partial charge on any atom is 0.417 e. The first kappa shape index (κ1) is 30.0. The van der Waals surface area contributed by atoms with Gasteiger partial charge in [0, 0.05) is 56.1 Å². The summed E-state index contributed by atoms with van der Waals surface area (Å²) >= 11 is 0. The summed E-state index contributed by atoms with van der Waals surface area (Å²) in [6.07, 6.45) is 1.06. The Labute approximate surface area is 245 Å². The number of hydrogen-bond acceptors (Lipinski definition) is 8. The molecule has 1 aromatic carbocycles. The highest BCUT2D eigenvalue weighted by Crippen LogP contribution is 2.37. The first-order valence-electron chi connectivity index (χ1n) is 13.8. The van der Waals surface area contributed by atoms with Crippen molar-refractivity contribution in [2.75, 3.05) is 54.1 Å². The molecule has 0 bridgehead atoms. The smallest absolute Gasteiger partial charge is 0.396 e. The predicted octanol–water partition coefficient (Wildman–Crippen LogP) is 3.98. The monoisotopic (exact) mass is 600 g/mol. The minimum absolute atomic E-state index is 0.0914. The molecule has 1 saturated heterocycles. The van der Waals surface area contributed by atoms with E-state index in [0.717, 1.165) is 6.20 Å². The van der Waals surface area contributed by atoms with Gasteiger partial charge in [0.25, 0.3) is 5.91 Å². The standard InChI is InChI=1S/C29H32F4N8O2/c1-16-14-41(15-17(2)39(16)3)25-10-23(30)20(18-4-6-40(7-5-18)28-36-11-19(34)12-37-28)8-24(25)38-27(43)21-13-35-26(42)9-22(21)29(31,32)33/h4,8-13,16-17H,5-7,14-15,34H2,1-3H3,(H,35,42)(H,38,43)/t16-,17+. The van der Waals surface area contributed by atoms with Crippen LogP contribution in [0.3, 0.4) is 0 Å². The number of halogens is 4. The van der Waals surface area contributed by atoms with E-state index in [4.69, 9.17) is 5.73 Å². The van der Waals surface area contributed by atoms with E-state index in [1.165, 1.54) is 24.5 Å². The van der Waals surface area contributed by atoms with Crippen LogP contribution in [-0.4, -0.2) is 71.1 Å². The number of H-pyrrole nitrogens is 1. The number of piperazine rings is 1. The summed E-state index contributed by atoms with van der Waals surface area (Å²) in [5.41, 5.74) is 4.42. The van der Waals surface area contributed by atoms with Gasteiger partial charge in [-0.1, -0.05) is 6.08 Å². The highest BCUT2D eigenvalue weighted by Gasteiger charge is 2.36. The van der Waals surface area contributed by atoms with Gasteiger partial charge in [0.2, 0.25) is 11.5 Å². The molecular weight excluding hydrogens is 568 g/mol. The van der Waals surface area contributed by atoms with Crippen molar-refractivity contribution in [1.29, 1.82) is 0 Å². The SMILES string of the molecule is C[C@@H]1CN(c2cc(F)c(C3=CCN(c4ncc(N)cn4)CC3)cc2NC(=O)c2c[nH]c(=O)cc2C(F)(F)F)C[C@H](C)N1C. The number of aromatic amines is 1. The number of hydrogen-bond donors (Lipinski definition) is 3. The fourth-order valence-electron chi connectivity index (χ4n) is 5.45. The normalized spacial score (nSPS) is 19.7. The third-order valence-corrected chi connectivity index (χ3v) is 8.00. The van der Waals surface area contributed by atoms with Gasteiger partial charge in [-0.15, -0.1) is 0 Å². The lowest BCUT2D eigenvalue weighted by Crippen LogP contribution is -2.55. The van der Waals surface area contributed by atoms with Gasteiger partial charge in [0.1, 0.15) is 5.82 Å². The summed E-state index contributed by atoms with van der Waals surface area (Å²) in [7, 11) is 1.99. The Bertz CT molecular complexity index is 1590. The van der Waals surface area contributed by atoms with Gasteiger partial charge in [-0.25, -0.2) is 14.4 Å². The highest BCUT2D eigenvalue weighted by molar-refractivity contribution is 6.07. The van der Waals surface area contributed by atoms with Gasteiger partial charge in [0.05, 0.1) is 40.6 Å². The zero-order valence-corrected chi connectivity index (χ0v) is 23.9. The number of nitrogens with zero attached hydrogens (tertiary/aromatic N) is 5. The zero-order chi connectivity index (χ0) is 31.1. The molecule has 5 rings (SSSR count). The van der Waals surface area contributed by atoms with Crippen LogP contribution >= 0.6 is 0 Å². The number of nitrogens with two attached hydrogens (primary N) is 1. The minimum atomic E-state index is -4.94. The molecule has 4 N–H and O–H groups in total. The number of nitrogen functional groups attached to an aromatic ring is 1. The molecule has 43 heavy (non-hydrogen) atoms. The largest absolute Gasteiger partial charge is 0.417 e. The Balaban J connectivity index is 1.52. The van der Waals surface area contributed by atoms with Crippen molar-refractivity contribution in [3.8, 4) is 0 Å². The Hall–Kier alpha value is -4.46. The fourth-order valence-corrected chi connectivity index (χ4v) is 5.45. The van der Waals surface area contributed by atoms with Gasteiger partial charge < -0.3 is 25.8 Å². The third-order valence-electron chi connectivity index (χ3n) is 8.00. The van der Waals surface area contributed by atoms with E-state index in [2.05, 4.69) is 25.2 Å². The van der Waals surface area contributed by atoms with Gasteiger partial charge in [-0.05, 0) is 45.0 Å². The summed E-state index contributed by atoms with van der Waals surface area (Å²) in [4.78, 5) is 41.6. The summed E-state index contributed by atoms with van der Waals surface area (Å²) in [5.74, 6) is -1.12.